The molecule has 0 heterocycles. The predicted octanol–water partition coefficient (Wildman–Crippen LogP) is 3.69. The van der Waals surface area contributed by atoms with Crippen LogP contribution in [-0.2, 0) is 20.6 Å². The third kappa shape index (κ3) is 6.52. The molecule has 6 nitrogen and oxygen atoms in total. The molecule has 0 aliphatic heterocycles. The molecule has 1 atom stereocenters. The molecule has 2 aromatic carbocycles. The molecule has 1 N–H and O–H groups in total. The quantitative estimate of drug-likeness (QED) is 0.531. The number of hydrogen-bond donors (Lipinski definition) is 1. The highest BCUT2D eigenvalue weighted by molar-refractivity contribution is 7.98. The number of sulfonamides is 1. The van der Waals surface area contributed by atoms with E-state index in [1.165, 1.54) is 37.9 Å². The van der Waals surface area contributed by atoms with Gasteiger partial charge >= 0.3 is 0 Å². The van der Waals surface area contributed by atoms with E-state index in [9.17, 15) is 17.6 Å². The van der Waals surface area contributed by atoms with Crippen molar-refractivity contribution in [1.82, 2.24) is 5.32 Å². The number of halogens is 2. The third-order valence-electron chi connectivity index (χ3n) is 4.23. The molecule has 2 rings (SSSR count). The van der Waals surface area contributed by atoms with Gasteiger partial charge in [-0.1, -0.05) is 29.8 Å². The number of methoxy groups -OCH3 is 1. The van der Waals surface area contributed by atoms with Crippen LogP contribution in [-0.4, -0.2) is 46.0 Å². The maximum absolute atomic E-state index is 13.6. The van der Waals surface area contributed by atoms with Crippen LogP contribution in [0.25, 0.3) is 0 Å². The third-order valence-corrected chi connectivity index (χ3v) is 6.70. The Bertz CT molecular complexity index is 989. The first kappa shape index (κ1) is 24.3. The summed E-state index contributed by atoms with van der Waals surface area (Å²) in [5.74, 6) is 0.583. The number of thioether (sulfide) groups is 1. The minimum Gasteiger partial charge on any atom is -0.495 e. The first-order valence-electron chi connectivity index (χ1n) is 9.07. The summed E-state index contributed by atoms with van der Waals surface area (Å²) in [6.07, 6.45) is 1.02. The van der Waals surface area contributed by atoms with Crippen LogP contribution < -0.4 is 14.4 Å². The number of nitrogens with zero attached hydrogens (tertiary/aromatic N) is 1. The minimum atomic E-state index is -3.80. The maximum atomic E-state index is 13.6. The lowest BCUT2D eigenvalue weighted by Crippen LogP contribution is -2.48. The normalized spacial score (nSPS) is 12.3. The zero-order chi connectivity index (χ0) is 22.3. The lowest BCUT2D eigenvalue weighted by atomic mass is 10.2. The van der Waals surface area contributed by atoms with Crippen molar-refractivity contribution in [2.75, 3.05) is 30.0 Å². The standard InChI is InChI=1S/C20H24ClFN2O4S2/c1-14(20(25)23-10-11-29-13-15-6-4-5-7-17(15)22)24(30(3,26)27)18-12-16(21)8-9-19(18)28-2/h4-9,12,14H,10-11,13H2,1-3H3,(H,23,25)/t14-/m0/s1. The highest BCUT2D eigenvalue weighted by Crippen LogP contribution is 2.34. The summed E-state index contributed by atoms with van der Waals surface area (Å²) in [6, 6.07) is 10.1. The Hall–Kier alpha value is -1.97. The second kappa shape index (κ2) is 10.9. The van der Waals surface area contributed by atoms with E-state index < -0.39 is 22.0 Å². The van der Waals surface area contributed by atoms with E-state index in [0.717, 1.165) is 10.6 Å². The number of benzene rings is 2. The highest BCUT2D eigenvalue weighted by Gasteiger charge is 2.31. The van der Waals surface area contributed by atoms with Gasteiger partial charge in [-0.3, -0.25) is 9.10 Å². The number of rotatable bonds is 10. The summed E-state index contributed by atoms with van der Waals surface area (Å²) in [5.41, 5.74) is 0.780. The van der Waals surface area contributed by atoms with Gasteiger partial charge in [0.1, 0.15) is 17.6 Å². The van der Waals surface area contributed by atoms with Gasteiger partial charge in [0.2, 0.25) is 15.9 Å². The maximum Gasteiger partial charge on any atom is 0.243 e. The molecular formula is C20H24ClFN2O4S2. The van der Waals surface area contributed by atoms with E-state index in [4.69, 9.17) is 16.3 Å². The molecule has 164 valence electrons. The van der Waals surface area contributed by atoms with Crippen LogP contribution in [0, 0.1) is 5.82 Å². The lowest BCUT2D eigenvalue weighted by molar-refractivity contribution is -0.121. The summed E-state index contributed by atoms with van der Waals surface area (Å²) < 4.78 is 44.7. The van der Waals surface area contributed by atoms with Gasteiger partial charge in [-0.25, -0.2) is 12.8 Å². The second-order valence-corrected chi connectivity index (χ2v) is 9.89. The summed E-state index contributed by atoms with van der Waals surface area (Å²) in [5, 5.41) is 3.04. The van der Waals surface area contributed by atoms with E-state index in [0.29, 0.717) is 28.6 Å². The lowest BCUT2D eigenvalue weighted by Gasteiger charge is -2.29. The van der Waals surface area contributed by atoms with Crippen molar-refractivity contribution in [3.63, 3.8) is 0 Å². The zero-order valence-electron chi connectivity index (χ0n) is 16.9. The molecule has 2 aromatic rings. The van der Waals surface area contributed by atoms with Gasteiger partial charge in [-0.15, -0.1) is 0 Å². The van der Waals surface area contributed by atoms with Crippen molar-refractivity contribution in [2.24, 2.45) is 0 Å². The molecule has 0 unspecified atom stereocenters. The van der Waals surface area contributed by atoms with Crippen LogP contribution in [0.1, 0.15) is 12.5 Å². The fraction of sp³-hybridized carbons (Fsp3) is 0.350. The van der Waals surface area contributed by atoms with Crippen molar-refractivity contribution >= 4 is 45.0 Å². The average Bonchev–Trinajstić information content (AvgIpc) is 2.68. The number of amides is 1. The first-order chi connectivity index (χ1) is 14.1. The van der Waals surface area contributed by atoms with E-state index in [1.54, 1.807) is 30.3 Å². The van der Waals surface area contributed by atoms with Crippen molar-refractivity contribution in [3.05, 3.63) is 58.9 Å². The molecule has 10 heteroatoms. The van der Waals surface area contributed by atoms with Crippen molar-refractivity contribution in [2.45, 2.75) is 18.7 Å². The number of carbonyl (C=O) groups is 1. The molecule has 1 amide bonds. The molecule has 0 saturated carbocycles. The Balaban J connectivity index is 2.01. The summed E-state index contributed by atoms with van der Waals surface area (Å²) >= 11 is 7.49. The van der Waals surface area contributed by atoms with Crippen LogP contribution in [0.2, 0.25) is 5.02 Å². The first-order valence-corrected chi connectivity index (χ1v) is 12.4. The minimum absolute atomic E-state index is 0.184. The van der Waals surface area contributed by atoms with Gasteiger partial charge in [0, 0.05) is 23.1 Å². The fourth-order valence-electron chi connectivity index (χ4n) is 2.81. The Morgan fingerprint density at radius 3 is 2.63 bits per heavy atom. The largest absolute Gasteiger partial charge is 0.495 e. The van der Waals surface area contributed by atoms with Gasteiger partial charge in [-0.2, -0.15) is 11.8 Å². The SMILES string of the molecule is COc1ccc(Cl)cc1N([C@@H](C)C(=O)NCCSCc1ccccc1F)S(C)(=O)=O. The van der Waals surface area contributed by atoms with Gasteiger partial charge < -0.3 is 10.1 Å². The summed E-state index contributed by atoms with van der Waals surface area (Å²) in [7, 11) is -2.39. The Morgan fingerprint density at radius 2 is 2.00 bits per heavy atom. The van der Waals surface area contributed by atoms with Crippen LogP contribution >= 0.6 is 23.4 Å². The predicted molar refractivity (Wildman–Crippen MR) is 120 cm³/mol. The number of anilines is 1. The highest BCUT2D eigenvalue weighted by atomic mass is 35.5. The molecule has 0 spiro atoms. The van der Waals surface area contributed by atoms with E-state index >= 15 is 0 Å². The Labute approximate surface area is 185 Å². The van der Waals surface area contributed by atoms with Crippen molar-refractivity contribution < 1.29 is 22.3 Å². The van der Waals surface area contributed by atoms with Gasteiger partial charge in [0.25, 0.3) is 0 Å². The zero-order valence-corrected chi connectivity index (χ0v) is 19.3. The molecule has 30 heavy (non-hydrogen) atoms. The van der Waals surface area contributed by atoms with Crippen LogP contribution in [0.5, 0.6) is 5.75 Å². The molecule has 0 aliphatic carbocycles. The molecule has 0 radical (unpaired) electrons. The van der Waals surface area contributed by atoms with Crippen molar-refractivity contribution in [3.8, 4) is 5.75 Å². The van der Waals surface area contributed by atoms with Gasteiger partial charge in [0.15, 0.2) is 0 Å². The van der Waals surface area contributed by atoms with Gasteiger partial charge in [0.05, 0.1) is 19.1 Å². The smallest absolute Gasteiger partial charge is 0.243 e. The molecule has 0 fully saturated rings. The molecule has 0 aliphatic rings. The summed E-state index contributed by atoms with van der Waals surface area (Å²) in [6.45, 7) is 1.80. The topological polar surface area (TPSA) is 75.7 Å². The van der Waals surface area contributed by atoms with Gasteiger partial charge in [-0.05, 0) is 36.8 Å². The molecule has 0 bridgehead atoms. The molecule has 0 aromatic heterocycles. The van der Waals surface area contributed by atoms with E-state index in [2.05, 4.69) is 5.32 Å². The fourth-order valence-corrected chi connectivity index (χ4v) is 4.99. The van der Waals surface area contributed by atoms with E-state index in [1.807, 2.05) is 0 Å². The molecule has 0 saturated heterocycles. The van der Waals surface area contributed by atoms with Crippen LogP contribution in [0.4, 0.5) is 10.1 Å². The van der Waals surface area contributed by atoms with E-state index in [-0.39, 0.29) is 17.3 Å². The number of nitrogens with one attached hydrogen (secondary N) is 1. The number of carbonyl (C=O) groups excluding carboxylic acids is 1. The average molecular weight is 475 g/mol. The number of hydrogen-bond acceptors (Lipinski definition) is 5. The summed E-state index contributed by atoms with van der Waals surface area (Å²) in [4.78, 5) is 12.6. The van der Waals surface area contributed by atoms with Crippen molar-refractivity contribution in [1.29, 1.82) is 0 Å². The monoisotopic (exact) mass is 474 g/mol. The Morgan fingerprint density at radius 1 is 1.30 bits per heavy atom. The van der Waals surface area contributed by atoms with Crippen LogP contribution in [0.3, 0.4) is 0 Å². The molecular weight excluding hydrogens is 451 g/mol. The second-order valence-electron chi connectivity index (χ2n) is 6.49. The van der Waals surface area contributed by atoms with Crippen LogP contribution in [0.15, 0.2) is 42.5 Å². The number of ether oxygens (including phenoxy) is 1. The Kier molecular flexibility index (Phi) is 8.81.